The van der Waals surface area contributed by atoms with E-state index in [1.165, 1.54) is 11.6 Å². The van der Waals surface area contributed by atoms with Crippen molar-refractivity contribution in [1.82, 2.24) is 14.8 Å². The van der Waals surface area contributed by atoms with E-state index < -0.39 is 0 Å². The maximum absolute atomic E-state index is 11.2. The van der Waals surface area contributed by atoms with Crippen LogP contribution in [0.2, 0.25) is 0 Å². The van der Waals surface area contributed by atoms with Crippen LogP contribution < -0.4 is 11.3 Å². The summed E-state index contributed by atoms with van der Waals surface area (Å²) >= 11 is 0. The summed E-state index contributed by atoms with van der Waals surface area (Å²) < 4.78 is 1.65. The zero-order chi connectivity index (χ0) is 15.0. The molecule has 0 spiro atoms. The van der Waals surface area contributed by atoms with Gasteiger partial charge in [0.05, 0.1) is 5.56 Å². The van der Waals surface area contributed by atoms with Crippen molar-refractivity contribution in [3.05, 3.63) is 58.5 Å². The minimum Gasteiger partial charge on any atom is -0.383 e. The number of hydrogen-bond donors (Lipinski definition) is 2. The normalized spacial score (nSPS) is 10.8. The van der Waals surface area contributed by atoms with E-state index in [0.717, 1.165) is 22.4 Å². The number of nitrogen functional groups attached to an aromatic ring is 1. The second-order valence-corrected chi connectivity index (χ2v) is 5.04. The molecule has 0 saturated carbocycles. The summed E-state index contributed by atoms with van der Waals surface area (Å²) in [4.78, 5) is 13.9. The van der Waals surface area contributed by atoms with Crippen LogP contribution in [0.5, 0.6) is 0 Å². The van der Waals surface area contributed by atoms with Crippen LogP contribution in [0.25, 0.3) is 22.4 Å². The Morgan fingerprint density at radius 1 is 1.10 bits per heavy atom. The Bertz CT molecular complexity index is 823. The summed E-state index contributed by atoms with van der Waals surface area (Å²) in [5.41, 5.74) is 10.7. The van der Waals surface area contributed by atoms with Gasteiger partial charge in [-0.1, -0.05) is 29.8 Å². The molecule has 2 aromatic heterocycles. The third kappa shape index (κ3) is 2.33. The number of hydrogen-bond acceptors (Lipinski definition) is 3. The van der Waals surface area contributed by atoms with Crippen molar-refractivity contribution in [2.24, 2.45) is 7.05 Å². The number of pyridine rings is 1. The number of rotatable bonds is 2. The summed E-state index contributed by atoms with van der Waals surface area (Å²) in [5, 5.41) is 4.48. The molecule has 0 amide bonds. The van der Waals surface area contributed by atoms with Crippen molar-refractivity contribution < 1.29 is 0 Å². The van der Waals surface area contributed by atoms with Crippen molar-refractivity contribution in [3.63, 3.8) is 0 Å². The van der Waals surface area contributed by atoms with E-state index in [1.807, 2.05) is 38.2 Å². The lowest BCUT2D eigenvalue weighted by molar-refractivity contribution is 0.782. The molecular formula is C16H16N4O. The fraction of sp³-hybridized carbons (Fsp3) is 0.125. The molecule has 0 radical (unpaired) electrons. The Morgan fingerprint density at radius 2 is 1.76 bits per heavy atom. The SMILES string of the molecule is Cc1ccc(-c2c(-c3ccc(=O)[nH]c3)nn(C)c2N)cc1. The number of H-pyrrole nitrogens is 1. The molecule has 0 aliphatic carbocycles. The quantitative estimate of drug-likeness (QED) is 0.756. The third-order valence-electron chi connectivity index (χ3n) is 3.49. The zero-order valence-electron chi connectivity index (χ0n) is 11.9. The molecule has 0 atom stereocenters. The predicted molar refractivity (Wildman–Crippen MR) is 83.9 cm³/mol. The summed E-state index contributed by atoms with van der Waals surface area (Å²) in [5.74, 6) is 0.597. The van der Waals surface area contributed by atoms with Gasteiger partial charge < -0.3 is 10.7 Å². The average molecular weight is 280 g/mol. The van der Waals surface area contributed by atoms with Crippen LogP contribution in [-0.4, -0.2) is 14.8 Å². The maximum atomic E-state index is 11.2. The smallest absolute Gasteiger partial charge is 0.247 e. The van der Waals surface area contributed by atoms with E-state index in [0.29, 0.717) is 5.82 Å². The lowest BCUT2D eigenvalue weighted by Crippen LogP contribution is -2.01. The summed E-state index contributed by atoms with van der Waals surface area (Å²) in [6.07, 6.45) is 1.65. The number of nitrogens with two attached hydrogens (primary N) is 1. The molecule has 3 rings (SSSR count). The van der Waals surface area contributed by atoms with Crippen LogP contribution in [0, 0.1) is 6.92 Å². The standard InChI is InChI=1S/C16H16N4O/c1-10-3-5-11(6-4-10)14-15(19-20(2)16(14)17)12-7-8-13(21)18-9-12/h3-9H,17H2,1-2H3,(H,18,21). The summed E-state index contributed by atoms with van der Waals surface area (Å²) in [7, 11) is 1.81. The Morgan fingerprint density at radius 3 is 2.38 bits per heavy atom. The molecule has 0 unspecified atom stereocenters. The fourth-order valence-corrected chi connectivity index (χ4v) is 2.30. The van der Waals surface area contributed by atoms with E-state index in [9.17, 15) is 4.79 Å². The fourth-order valence-electron chi connectivity index (χ4n) is 2.30. The number of nitrogens with zero attached hydrogens (tertiary/aromatic N) is 2. The van der Waals surface area contributed by atoms with Crippen LogP contribution in [0.3, 0.4) is 0 Å². The monoisotopic (exact) mass is 280 g/mol. The number of aromatic nitrogens is 3. The lowest BCUT2D eigenvalue weighted by atomic mass is 10.0. The second kappa shape index (κ2) is 4.94. The minimum absolute atomic E-state index is 0.139. The summed E-state index contributed by atoms with van der Waals surface area (Å²) in [6.45, 7) is 2.04. The van der Waals surface area contributed by atoms with Crippen molar-refractivity contribution in [3.8, 4) is 22.4 Å². The van der Waals surface area contributed by atoms with Crippen molar-refractivity contribution in [2.75, 3.05) is 5.73 Å². The molecule has 2 heterocycles. The van der Waals surface area contributed by atoms with Crippen LogP contribution in [-0.2, 0) is 7.05 Å². The molecule has 5 nitrogen and oxygen atoms in total. The van der Waals surface area contributed by atoms with Gasteiger partial charge in [0.1, 0.15) is 11.5 Å². The van der Waals surface area contributed by atoms with E-state index in [4.69, 9.17) is 5.73 Å². The van der Waals surface area contributed by atoms with Crippen LogP contribution >= 0.6 is 0 Å². The van der Waals surface area contributed by atoms with Gasteiger partial charge in [-0.15, -0.1) is 0 Å². The molecule has 0 aliphatic rings. The van der Waals surface area contributed by atoms with Gasteiger partial charge in [0.2, 0.25) is 5.56 Å². The second-order valence-electron chi connectivity index (χ2n) is 5.04. The van der Waals surface area contributed by atoms with E-state index in [2.05, 4.69) is 10.1 Å². The maximum Gasteiger partial charge on any atom is 0.247 e. The third-order valence-corrected chi connectivity index (χ3v) is 3.49. The number of anilines is 1. The lowest BCUT2D eigenvalue weighted by Gasteiger charge is -2.05. The molecule has 3 N–H and O–H groups in total. The Hall–Kier alpha value is -2.82. The number of aryl methyl sites for hydroxylation is 2. The molecule has 106 valence electrons. The van der Waals surface area contributed by atoms with Gasteiger partial charge in [-0.25, -0.2) is 0 Å². The topological polar surface area (TPSA) is 76.7 Å². The highest BCUT2D eigenvalue weighted by Crippen LogP contribution is 2.35. The van der Waals surface area contributed by atoms with Crippen molar-refractivity contribution >= 4 is 5.82 Å². The first kappa shape index (κ1) is 13.2. The molecule has 0 fully saturated rings. The van der Waals surface area contributed by atoms with Gasteiger partial charge in [-0.2, -0.15) is 5.10 Å². The van der Waals surface area contributed by atoms with Gasteiger partial charge >= 0.3 is 0 Å². The highest BCUT2D eigenvalue weighted by molar-refractivity contribution is 5.87. The molecular weight excluding hydrogens is 264 g/mol. The van der Waals surface area contributed by atoms with Gasteiger partial charge in [-0.05, 0) is 18.6 Å². The van der Waals surface area contributed by atoms with Gasteiger partial charge in [-0.3, -0.25) is 9.48 Å². The van der Waals surface area contributed by atoms with E-state index in [-0.39, 0.29) is 5.56 Å². The average Bonchev–Trinajstić information content (AvgIpc) is 2.77. The van der Waals surface area contributed by atoms with Gasteiger partial charge in [0.25, 0.3) is 0 Å². The molecule has 5 heteroatoms. The van der Waals surface area contributed by atoms with Crippen LogP contribution in [0.4, 0.5) is 5.82 Å². The van der Waals surface area contributed by atoms with E-state index in [1.54, 1.807) is 16.9 Å². The Labute approximate surface area is 122 Å². The van der Waals surface area contributed by atoms with Gasteiger partial charge in [0.15, 0.2) is 0 Å². The minimum atomic E-state index is -0.139. The first-order valence-corrected chi connectivity index (χ1v) is 6.65. The van der Waals surface area contributed by atoms with Crippen molar-refractivity contribution in [1.29, 1.82) is 0 Å². The van der Waals surface area contributed by atoms with E-state index >= 15 is 0 Å². The Kier molecular flexibility index (Phi) is 3.10. The predicted octanol–water partition coefficient (Wildman–Crippen LogP) is 2.33. The number of benzene rings is 1. The van der Waals surface area contributed by atoms with Gasteiger partial charge in [0, 0.05) is 24.9 Å². The van der Waals surface area contributed by atoms with Crippen molar-refractivity contribution in [2.45, 2.75) is 6.92 Å². The number of nitrogens with one attached hydrogen (secondary N) is 1. The zero-order valence-corrected chi connectivity index (χ0v) is 11.9. The molecule has 0 aliphatic heterocycles. The molecule has 1 aromatic carbocycles. The highest BCUT2D eigenvalue weighted by atomic mass is 16.1. The molecule has 0 bridgehead atoms. The van der Waals surface area contributed by atoms with Crippen LogP contribution in [0.15, 0.2) is 47.4 Å². The molecule has 3 aromatic rings. The number of aromatic amines is 1. The highest BCUT2D eigenvalue weighted by Gasteiger charge is 2.17. The first-order valence-electron chi connectivity index (χ1n) is 6.65. The molecule has 0 saturated heterocycles. The summed E-state index contributed by atoms with van der Waals surface area (Å²) in [6, 6.07) is 11.4. The molecule has 21 heavy (non-hydrogen) atoms. The first-order chi connectivity index (χ1) is 10.1. The Balaban J connectivity index is 2.22. The largest absolute Gasteiger partial charge is 0.383 e. The van der Waals surface area contributed by atoms with Crippen LogP contribution in [0.1, 0.15) is 5.56 Å².